The molecule has 0 spiro atoms. The van der Waals surface area contributed by atoms with Crippen LogP contribution in [0.25, 0.3) is 11.4 Å². The monoisotopic (exact) mass is 174 g/mol. The minimum atomic E-state index is 0.399. The standard InChI is InChI=1S/C8H6N4O/c13-12-4-3-10-6-8(12)7-5-9-1-2-11-7/h1-6H. The molecule has 5 nitrogen and oxygen atoms in total. The molecule has 0 bridgehead atoms. The molecule has 0 N–H and O–H groups in total. The van der Waals surface area contributed by atoms with Crippen LogP contribution in [0.1, 0.15) is 0 Å². The Balaban J connectivity index is 2.54. The first-order valence-electron chi connectivity index (χ1n) is 3.67. The summed E-state index contributed by atoms with van der Waals surface area (Å²) in [6.07, 6.45) is 8.80. The van der Waals surface area contributed by atoms with Gasteiger partial charge >= 0.3 is 0 Å². The van der Waals surface area contributed by atoms with Crippen LogP contribution in [0.5, 0.6) is 0 Å². The van der Waals surface area contributed by atoms with Crippen LogP contribution in [-0.4, -0.2) is 15.0 Å². The van der Waals surface area contributed by atoms with Gasteiger partial charge in [-0.2, -0.15) is 4.73 Å². The Morgan fingerprint density at radius 2 is 1.92 bits per heavy atom. The van der Waals surface area contributed by atoms with Crippen LogP contribution in [0, 0.1) is 5.21 Å². The molecular weight excluding hydrogens is 168 g/mol. The van der Waals surface area contributed by atoms with Gasteiger partial charge in [0, 0.05) is 12.4 Å². The molecule has 2 aromatic heterocycles. The highest BCUT2D eigenvalue weighted by atomic mass is 16.5. The molecule has 0 aliphatic heterocycles. The Morgan fingerprint density at radius 3 is 2.62 bits per heavy atom. The summed E-state index contributed by atoms with van der Waals surface area (Å²) >= 11 is 0. The molecule has 0 aromatic carbocycles. The van der Waals surface area contributed by atoms with E-state index in [9.17, 15) is 5.21 Å². The number of hydrogen-bond acceptors (Lipinski definition) is 4. The van der Waals surface area contributed by atoms with E-state index in [0.717, 1.165) is 0 Å². The second-order valence-electron chi connectivity index (χ2n) is 2.38. The lowest BCUT2D eigenvalue weighted by atomic mass is 10.3. The van der Waals surface area contributed by atoms with Crippen molar-refractivity contribution in [1.82, 2.24) is 15.0 Å². The maximum atomic E-state index is 11.2. The van der Waals surface area contributed by atoms with E-state index in [1.807, 2.05) is 0 Å². The van der Waals surface area contributed by atoms with Gasteiger partial charge in [-0.25, -0.2) is 4.98 Å². The first-order chi connectivity index (χ1) is 6.38. The summed E-state index contributed by atoms with van der Waals surface area (Å²) in [5.41, 5.74) is 0.918. The molecule has 0 saturated heterocycles. The molecule has 2 aromatic rings. The molecule has 0 fully saturated rings. The van der Waals surface area contributed by atoms with Gasteiger partial charge in [-0.15, -0.1) is 0 Å². The average molecular weight is 174 g/mol. The Morgan fingerprint density at radius 1 is 1.08 bits per heavy atom. The summed E-state index contributed by atoms with van der Waals surface area (Å²) in [4.78, 5) is 11.7. The molecule has 0 radical (unpaired) electrons. The van der Waals surface area contributed by atoms with Crippen LogP contribution in [0.15, 0.2) is 37.2 Å². The van der Waals surface area contributed by atoms with Gasteiger partial charge in [-0.3, -0.25) is 9.97 Å². The van der Waals surface area contributed by atoms with E-state index >= 15 is 0 Å². The summed E-state index contributed by atoms with van der Waals surface area (Å²) in [6.45, 7) is 0. The van der Waals surface area contributed by atoms with Gasteiger partial charge < -0.3 is 5.21 Å². The van der Waals surface area contributed by atoms with Gasteiger partial charge in [0.2, 0.25) is 0 Å². The van der Waals surface area contributed by atoms with Gasteiger partial charge in [-0.1, -0.05) is 0 Å². The summed E-state index contributed by atoms with van der Waals surface area (Å²) in [5.74, 6) is 0. The van der Waals surface area contributed by atoms with Crippen molar-refractivity contribution in [2.75, 3.05) is 0 Å². The summed E-state index contributed by atoms with van der Waals surface area (Å²) < 4.78 is 0.705. The zero-order chi connectivity index (χ0) is 9.10. The molecule has 64 valence electrons. The Bertz CT molecular complexity index is 404. The van der Waals surface area contributed by atoms with Crippen molar-refractivity contribution in [2.45, 2.75) is 0 Å². The summed E-state index contributed by atoms with van der Waals surface area (Å²) in [5, 5.41) is 11.2. The minimum Gasteiger partial charge on any atom is -0.618 e. The number of hydrogen-bond donors (Lipinski definition) is 0. The molecule has 2 heterocycles. The normalized spacial score (nSPS) is 9.85. The number of aromatic nitrogens is 4. The second-order valence-corrected chi connectivity index (χ2v) is 2.38. The highest BCUT2D eigenvalue weighted by Crippen LogP contribution is 2.06. The lowest BCUT2D eigenvalue weighted by Gasteiger charge is -2.00. The van der Waals surface area contributed by atoms with Crippen molar-refractivity contribution < 1.29 is 4.73 Å². The maximum absolute atomic E-state index is 11.2. The molecule has 0 amide bonds. The van der Waals surface area contributed by atoms with E-state index in [1.54, 1.807) is 6.20 Å². The molecule has 5 heteroatoms. The quantitative estimate of drug-likeness (QED) is 0.456. The van der Waals surface area contributed by atoms with E-state index in [1.165, 1.54) is 31.0 Å². The Kier molecular flexibility index (Phi) is 1.84. The minimum absolute atomic E-state index is 0.399. The van der Waals surface area contributed by atoms with Crippen molar-refractivity contribution >= 4 is 0 Å². The van der Waals surface area contributed by atoms with Gasteiger partial charge in [0.05, 0.1) is 12.4 Å². The van der Waals surface area contributed by atoms with Crippen molar-refractivity contribution in [1.29, 1.82) is 0 Å². The third kappa shape index (κ3) is 1.44. The maximum Gasteiger partial charge on any atom is 0.262 e. The van der Waals surface area contributed by atoms with Crippen LogP contribution in [0.4, 0.5) is 0 Å². The lowest BCUT2D eigenvalue weighted by Crippen LogP contribution is -2.28. The smallest absolute Gasteiger partial charge is 0.262 e. The van der Waals surface area contributed by atoms with E-state index < -0.39 is 0 Å². The highest BCUT2D eigenvalue weighted by Gasteiger charge is 2.08. The molecule has 0 aliphatic carbocycles. The number of rotatable bonds is 1. The van der Waals surface area contributed by atoms with Gasteiger partial charge in [0.1, 0.15) is 6.20 Å². The zero-order valence-electron chi connectivity index (χ0n) is 6.66. The number of nitrogens with zero attached hydrogens (tertiary/aromatic N) is 4. The topological polar surface area (TPSA) is 65.6 Å². The van der Waals surface area contributed by atoms with Crippen LogP contribution >= 0.6 is 0 Å². The largest absolute Gasteiger partial charge is 0.618 e. The fourth-order valence-corrected chi connectivity index (χ4v) is 0.960. The van der Waals surface area contributed by atoms with Crippen molar-refractivity contribution in [3.05, 3.63) is 42.4 Å². The van der Waals surface area contributed by atoms with Crippen LogP contribution in [-0.2, 0) is 0 Å². The first-order valence-corrected chi connectivity index (χ1v) is 3.67. The fraction of sp³-hybridized carbons (Fsp3) is 0. The second kappa shape index (κ2) is 3.14. The van der Waals surface area contributed by atoms with Crippen LogP contribution in [0.3, 0.4) is 0 Å². The molecule has 0 aliphatic rings. The Hall–Kier alpha value is -2.04. The van der Waals surface area contributed by atoms with Gasteiger partial charge in [-0.05, 0) is 0 Å². The Labute approximate surface area is 74.3 Å². The van der Waals surface area contributed by atoms with E-state index in [-0.39, 0.29) is 0 Å². The van der Waals surface area contributed by atoms with E-state index in [2.05, 4.69) is 15.0 Å². The summed E-state index contributed by atoms with van der Waals surface area (Å²) in [7, 11) is 0. The molecular formula is C8H6N4O. The third-order valence-corrected chi connectivity index (χ3v) is 1.55. The molecule has 0 saturated carbocycles. The predicted octanol–water partition coefficient (Wildman–Crippen LogP) is 0.172. The lowest BCUT2D eigenvalue weighted by molar-refractivity contribution is -0.594. The van der Waals surface area contributed by atoms with Crippen molar-refractivity contribution in [3.8, 4) is 11.4 Å². The van der Waals surface area contributed by atoms with E-state index in [0.29, 0.717) is 16.1 Å². The third-order valence-electron chi connectivity index (χ3n) is 1.55. The van der Waals surface area contributed by atoms with Gasteiger partial charge in [0.25, 0.3) is 5.69 Å². The van der Waals surface area contributed by atoms with Crippen molar-refractivity contribution in [2.24, 2.45) is 0 Å². The van der Waals surface area contributed by atoms with Gasteiger partial charge in [0.15, 0.2) is 11.9 Å². The van der Waals surface area contributed by atoms with Crippen molar-refractivity contribution in [3.63, 3.8) is 0 Å². The predicted molar refractivity (Wildman–Crippen MR) is 44.2 cm³/mol. The average Bonchev–Trinajstić information content (AvgIpc) is 2.20. The van der Waals surface area contributed by atoms with Crippen LogP contribution < -0.4 is 4.73 Å². The molecule has 2 rings (SSSR count). The SMILES string of the molecule is [O-][n+]1ccncc1-c1cnccn1. The first kappa shape index (κ1) is 7.60. The molecule has 0 unspecified atom stereocenters. The molecule has 0 atom stereocenters. The highest BCUT2D eigenvalue weighted by molar-refractivity contribution is 5.46. The van der Waals surface area contributed by atoms with Crippen LogP contribution in [0.2, 0.25) is 0 Å². The summed E-state index contributed by atoms with van der Waals surface area (Å²) in [6, 6.07) is 0. The fourth-order valence-electron chi connectivity index (χ4n) is 0.960. The van der Waals surface area contributed by atoms with E-state index in [4.69, 9.17) is 0 Å². The zero-order valence-corrected chi connectivity index (χ0v) is 6.66. The molecule has 13 heavy (non-hydrogen) atoms.